The molecule has 1 aromatic heterocycles. The number of aromatic amines is 1. The lowest BCUT2D eigenvalue weighted by molar-refractivity contribution is 0.173. The molecule has 1 aliphatic heterocycles. The van der Waals surface area contributed by atoms with Gasteiger partial charge in [-0.15, -0.1) is 31.4 Å². The van der Waals surface area contributed by atoms with Gasteiger partial charge in [0.25, 0.3) is 0 Å². The van der Waals surface area contributed by atoms with Crippen LogP contribution in [0.15, 0.2) is 42.6 Å². The van der Waals surface area contributed by atoms with Gasteiger partial charge in [-0.2, -0.15) is 0 Å². The molecule has 5 heteroatoms. The molecule has 1 atom stereocenters. The van der Waals surface area contributed by atoms with Gasteiger partial charge in [0.15, 0.2) is 0 Å². The lowest BCUT2D eigenvalue weighted by Crippen LogP contribution is -2.45. The Balaban J connectivity index is 0.00000121. The van der Waals surface area contributed by atoms with Crippen LogP contribution in [0.2, 0.25) is 0 Å². The molecule has 1 aliphatic rings. The number of H-pyrrole nitrogens is 1. The molecule has 1 fully saturated rings. The van der Waals surface area contributed by atoms with Gasteiger partial charge < -0.3 is 10.3 Å². The summed E-state index contributed by atoms with van der Waals surface area (Å²) in [4.78, 5) is 5.91. The summed E-state index contributed by atoms with van der Waals surface area (Å²) in [6.45, 7) is 10.6. The van der Waals surface area contributed by atoms with Crippen LogP contribution in [-0.2, 0) is 0 Å². The van der Waals surface area contributed by atoms with Crippen molar-refractivity contribution in [3.05, 3.63) is 48.2 Å². The lowest BCUT2D eigenvalue weighted by atomic mass is 9.95. The fourth-order valence-corrected chi connectivity index (χ4v) is 3.16. The Labute approximate surface area is 145 Å². The second-order valence-electron chi connectivity index (χ2n) is 5.75. The first-order valence-electron chi connectivity index (χ1n) is 7.41. The molecule has 0 aliphatic carbocycles. The van der Waals surface area contributed by atoms with Gasteiger partial charge >= 0.3 is 0 Å². The second-order valence-corrected chi connectivity index (χ2v) is 5.75. The zero-order valence-corrected chi connectivity index (χ0v) is 14.6. The van der Waals surface area contributed by atoms with Crippen molar-refractivity contribution in [1.29, 1.82) is 0 Å². The lowest BCUT2D eigenvalue weighted by Gasteiger charge is -2.35. The van der Waals surface area contributed by atoms with Crippen LogP contribution >= 0.6 is 24.8 Å². The zero-order chi connectivity index (χ0) is 13.9. The highest BCUT2D eigenvalue weighted by molar-refractivity contribution is 5.85. The molecule has 22 heavy (non-hydrogen) atoms. The zero-order valence-electron chi connectivity index (χ0n) is 13.0. The Hall–Kier alpha value is -1.00. The summed E-state index contributed by atoms with van der Waals surface area (Å²) in [5.74, 6) is 0. The molecule has 3 nitrogen and oxygen atoms in total. The Morgan fingerprint density at radius 2 is 1.95 bits per heavy atom. The van der Waals surface area contributed by atoms with E-state index in [9.17, 15) is 0 Å². The van der Waals surface area contributed by atoms with Crippen molar-refractivity contribution in [2.45, 2.75) is 19.4 Å². The summed E-state index contributed by atoms with van der Waals surface area (Å²) >= 11 is 0. The van der Waals surface area contributed by atoms with E-state index in [1.54, 1.807) is 0 Å². The predicted molar refractivity (Wildman–Crippen MR) is 99.4 cm³/mol. The minimum Gasteiger partial charge on any atom is -0.361 e. The summed E-state index contributed by atoms with van der Waals surface area (Å²) in [6.07, 6.45) is 3.06. The second kappa shape index (κ2) is 8.59. The number of halogens is 2. The van der Waals surface area contributed by atoms with Crippen molar-refractivity contribution < 1.29 is 0 Å². The van der Waals surface area contributed by atoms with Crippen molar-refractivity contribution in [2.24, 2.45) is 0 Å². The highest BCUT2D eigenvalue weighted by Gasteiger charge is 2.23. The maximum Gasteiger partial charge on any atom is 0.0457 e. The third kappa shape index (κ3) is 4.05. The Morgan fingerprint density at radius 1 is 1.23 bits per heavy atom. The molecule has 1 saturated heterocycles. The summed E-state index contributed by atoms with van der Waals surface area (Å²) in [7, 11) is 0. The quantitative estimate of drug-likeness (QED) is 0.825. The minimum absolute atomic E-state index is 0. The van der Waals surface area contributed by atoms with Crippen LogP contribution in [-0.4, -0.2) is 36.1 Å². The monoisotopic (exact) mass is 341 g/mol. The number of nitrogens with one attached hydrogen (secondary N) is 2. The fraction of sp³-hybridized carbons (Fsp3) is 0.412. The number of aromatic nitrogens is 1. The van der Waals surface area contributed by atoms with Crippen LogP contribution in [0.5, 0.6) is 0 Å². The van der Waals surface area contributed by atoms with Crippen LogP contribution in [0.25, 0.3) is 10.9 Å². The topological polar surface area (TPSA) is 31.1 Å². The molecule has 2 N–H and O–H groups in total. The molecule has 0 spiro atoms. The smallest absolute Gasteiger partial charge is 0.0457 e. The molecular weight excluding hydrogens is 317 g/mol. The van der Waals surface area contributed by atoms with Crippen molar-refractivity contribution in [3.63, 3.8) is 0 Å². The average Bonchev–Trinajstić information content (AvgIpc) is 2.94. The number of piperazine rings is 1. The van der Waals surface area contributed by atoms with Crippen molar-refractivity contribution in [2.75, 3.05) is 26.2 Å². The molecule has 122 valence electrons. The van der Waals surface area contributed by atoms with Gasteiger partial charge in [0, 0.05) is 49.3 Å². The van der Waals surface area contributed by atoms with Crippen LogP contribution in [0.1, 0.15) is 24.9 Å². The van der Waals surface area contributed by atoms with Crippen LogP contribution in [0, 0.1) is 0 Å². The molecule has 2 heterocycles. The summed E-state index contributed by atoms with van der Waals surface area (Å²) in [5, 5.41) is 4.78. The third-order valence-electron chi connectivity index (χ3n) is 4.12. The first kappa shape index (κ1) is 19.0. The highest BCUT2D eigenvalue weighted by Crippen LogP contribution is 2.32. The van der Waals surface area contributed by atoms with Crippen LogP contribution < -0.4 is 5.32 Å². The third-order valence-corrected chi connectivity index (χ3v) is 4.12. The maximum absolute atomic E-state index is 4.13. The SMILES string of the molecule is C=C(C)C[C@@H](c1cccc2[nH]ccc12)N1CCNCC1.Cl.Cl. The Bertz CT molecular complexity index is 603. The van der Waals surface area contributed by atoms with Crippen molar-refractivity contribution >= 4 is 35.7 Å². The van der Waals surface area contributed by atoms with Gasteiger partial charge in [-0.3, -0.25) is 4.90 Å². The number of rotatable bonds is 4. The number of fused-ring (bicyclic) bond motifs is 1. The van der Waals surface area contributed by atoms with Gasteiger partial charge in [-0.25, -0.2) is 0 Å². The van der Waals surface area contributed by atoms with E-state index in [4.69, 9.17) is 0 Å². The van der Waals surface area contributed by atoms with Crippen LogP contribution in [0.4, 0.5) is 0 Å². The molecule has 0 bridgehead atoms. The van der Waals surface area contributed by atoms with Gasteiger partial charge in [0.2, 0.25) is 0 Å². The summed E-state index contributed by atoms with van der Waals surface area (Å²) in [6, 6.07) is 9.20. The van der Waals surface area contributed by atoms with E-state index in [1.165, 1.54) is 22.0 Å². The largest absolute Gasteiger partial charge is 0.361 e. The fourth-order valence-electron chi connectivity index (χ4n) is 3.16. The van der Waals surface area contributed by atoms with E-state index in [2.05, 4.69) is 53.0 Å². The summed E-state index contributed by atoms with van der Waals surface area (Å²) in [5.41, 5.74) is 3.90. The Kier molecular flexibility index (Phi) is 7.43. The number of benzene rings is 1. The van der Waals surface area contributed by atoms with Gasteiger partial charge in [0.1, 0.15) is 0 Å². The standard InChI is InChI=1S/C17H23N3.2ClH/c1-13(2)12-17(20-10-8-18-9-11-20)15-4-3-5-16-14(15)6-7-19-16;;/h3-7,17-19H,1,8-12H2,2H3;2*1H/t17-;;/m0../s1. The maximum atomic E-state index is 4.13. The van der Waals surface area contributed by atoms with Crippen LogP contribution in [0.3, 0.4) is 0 Å². The van der Waals surface area contributed by atoms with E-state index >= 15 is 0 Å². The average molecular weight is 342 g/mol. The number of hydrogen-bond acceptors (Lipinski definition) is 2. The van der Waals surface area contributed by atoms with E-state index in [1.807, 2.05) is 6.20 Å². The highest BCUT2D eigenvalue weighted by atomic mass is 35.5. The first-order valence-corrected chi connectivity index (χ1v) is 7.41. The molecule has 0 amide bonds. The van der Waals surface area contributed by atoms with Crippen molar-refractivity contribution in [3.8, 4) is 0 Å². The molecule has 3 rings (SSSR count). The van der Waals surface area contributed by atoms with E-state index in [0.29, 0.717) is 6.04 Å². The van der Waals surface area contributed by atoms with Gasteiger partial charge in [-0.1, -0.05) is 17.7 Å². The molecule has 0 unspecified atom stereocenters. The normalized spacial score (nSPS) is 16.6. The van der Waals surface area contributed by atoms with E-state index < -0.39 is 0 Å². The molecular formula is C17H25Cl2N3. The van der Waals surface area contributed by atoms with Gasteiger partial charge in [-0.05, 0) is 31.0 Å². The van der Waals surface area contributed by atoms with E-state index in [0.717, 1.165) is 32.6 Å². The molecule has 1 aromatic carbocycles. The van der Waals surface area contributed by atoms with Gasteiger partial charge in [0.05, 0.1) is 0 Å². The molecule has 0 radical (unpaired) electrons. The molecule has 0 saturated carbocycles. The number of nitrogens with zero attached hydrogens (tertiary/aromatic N) is 1. The van der Waals surface area contributed by atoms with E-state index in [-0.39, 0.29) is 24.8 Å². The van der Waals surface area contributed by atoms with Crippen molar-refractivity contribution in [1.82, 2.24) is 15.2 Å². The minimum atomic E-state index is 0. The Morgan fingerprint density at radius 3 is 2.64 bits per heavy atom. The molecule has 2 aromatic rings. The first-order chi connectivity index (χ1) is 9.75. The number of hydrogen-bond donors (Lipinski definition) is 2. The predicted octanol–water partition coefficient (Wildman–Crippen LogP) is 3.92. The summed E-state index contributed by atoms with van der Waals surface area (Å²) < 4.78 is 0.